The summed E-state index contributed by atoms with van der Waals surface area (Å²) in [5.41, 5.74) is 2.72. The van der Waals surface area contributed by atoms with Crippen LogP contribution < -0.4 is 5.32 Å². The fourth-order valence-electron chi connectivity index (χ4n) is 1.44. The minimum absolute atomic E-state index is 0.146. The van der Waals surface area contributed by atoms with E-state index >= 15 is 0 Å². The predicted molar refractivity (Wildman–Crippen MR) is 73.1 cm³/mol. The first kappa shape index (κ1) is 12.4. The van der Waals surface area contributed by atoms with Gasteiger partial charge in [-0.15, -0.1) is 0 Å². The molecule has 0 spiro atoms. The number of fused-ring (bicyclic) bond motifs is 1. The van der Waals surface area contributed by atoms with Crippen LogP contribution in [0.4, 0.5) is 5.69 Å². The molecular formula is C12H16BrN3O. The Labute approximate surface area is 109 Å². The van der Waals surface area contributed by atoms with Gasteiger partial charge in [0.2, 0.25) is 0 Å². The van der Waals surface area contributed by atoms with E-state index in [4.69, 9.17) is 4.74 Å². The second kappa shape index (κ2) is 4.66. The van der Waals surface area contributed by atoms with Crippen LogP contribution in [0.2, 0.25) is 0 Å². The summed E-state index contributed by atoms with van der Waals surface area (Å²) >= 11 is 3.37. The SMILES string of the molecule is CC(C)(C)OCNc1c[nH]c2ccc(Br)nc12. The summed E-state index contributed by atoms with van der Waals surface area (Å²) in [5.74, 6) is 0. The molecule has 2 N–H and O–H groups in total. The van der Waals surface area contributed by atoms with Gasteiger partial charge in [0.15, 0.2) is 0 Å². The van der Waals surface area contributed by atoms with E-state index in [1.807, 2.05) is 39.1 Å². The Bertz CT molecular complexity index is 516. The van der Waals surface area contributed by atoms with E-state index in [1.165, 1.54) is 0 Å². The molecule has 0 fully saturated rings. The minimum Gasteiger partial charge on any atom is -0.360 e. The van der Waals surface area contributed by atoms with Crippen LogP contribution >= 0.6 is 15.9 Å². The molecule has 4 nitrogen and oxygen atoms in total. The molecule has 0 saturated heterocycles. The van der Waals surface area contributed by atoms with Gasteiger partial charge in [-0.3, -0.25) is 0 Å². The van der Waals surface area contributed by atoms with Crippen LogP contribution in [0, 0.1) is 0 Å². The Morgan fingerprint density at radius 1 is 1.41 bits per heavy atom. The van der Waals surface area contributed by atoms with Gasteiger partial charge in [0.05, 0.1) is 16.8 Å². The molecule has 17 heavy (non-hydrogen) atoms. The zero-order chi connectivity index (χ0) is 12.5. The molecule has 0 aromatic carbocycles. The van der Waals surface area contributed by atoms with Crippen LogP contribution in [0.3, 0.4) is 0 Å². The normalized spacial score (nSPS) is 12.0. The summed E-state index contributed by atoms with van der Waals surface area (Å²) in [6.07, 6.45) is 1.90. The van der Waals surface area contributed by atoms with Crippen molar-refractivity contribution in [1.29, 1.82) is 0 Å². The van der Waals surface area contributed by atoms with Crippen LogP contribution in [-0.2, 0) is 4.74 Å². The van der Waals surface area contributed by atoms with Gasteiger partial charge in [-0.25, -0.2) is 4.98 Å². The molecule has 0 aliphatic heterocycles. The first-order chi connectivity index (χ1) is 7.96. The lowest BCUT2D eigenvalue weighted by Gasteiger charge is -2.19. The van der Waals surface area contributed by atoms with E-state index in [1.54, 1.807) is 0 Å². The summed E-state index contributed by atoms with van der Waals surface area (Å²) in [7, 11) is 0. The lowest BCUT2D eigenvalue weighted by atomic mass is 10.2. The maximum Gasteiger partial charge on any atom is 0.117 e. The molecule has 2 rings (SSSR count). The number of anilines is 1. The summed E-state index contributed by atoms with van der Waals surface area (Å²) in [5, 5.41) is 3.21. The van der Waals surface area contributed by atoms with E-state index in [0.29, 0.717) is 6.73 Å². The van der Waals surface area contributed by atoms with Crippen molar-refractivity contribution in [3.8, 4) is 0 Å². The predicted octanol–water partition coefficient (Wildman–Crippen LogP) is 3.51. The number of H-pyrrole nitrogens is 1. The lowest BCUT2D eigenvalue weighted by molar-refractivity contribution is 0.00849. The number of hydrogen-bond donors (Lipinski definition) is 2. The van der Waals surface area contributed by atoms with Gasteiger partial charge < -0.3 is 15.0 Å². The number of nitrogens with one attached hydrogen (secondary N) is 2. The quantitative estimate of drug-likeness (QED) is 0.673. The third kappa shape index (κ3) is 3.20. The number of pyridine rings is 1. The van der Waals surface area contributed by atoms with Crippen LogP contribution in [0.1, 0.15) is 20.8 Å². The molecule has 0 unspecified atom stereocenters. The van der Waals surface area contributed by atoms with E-state index < -0.39 is 0 Å². The van der Waals surface area contributed by atoms with Crippen molar-refractivity contribution in [2.45, 2.75) is 26.4 Å². The summed E-state index contributed by atoms with van der Waals surface area (Å²) < 4.78 is 6.44. The minimum atomic E-state index is -0.146. The van der Waals surface area contributed by atoms with Crippen molar-refractivity contribution >= 4 is 32.7 Å². The summed E-state index contributed by atoms with van der Waals surface area (Å²) in [4.78, 5) is 7.58. The van der Waals surface area contributed by atoms with Crippen molar-refractivity contribution in [1.82, 2.24) is 9.97 Å². The highest BCUT2D eigenvalue weighted by Crippen LogP contribution is 2.23. The lowest BCUT2D eigenvalue weighted by Crippen LogP contribution is -2.23. The molecule has 0 saturated carbocycles. The molecule has 0 aliphatic carbocycles. The Morgan fingerprint density at radius 3 is 2.88 bits per heavy atom. The van der Waals surface area contributed by atoms with Crippen molar-refractivity contribution in [3.05, 3.63) is 22.9 Å². The van der Waals surface area contributed by atoms with Gasteiger partial charge in [-0.1, -0.05) is 0 Å². The monoisotopic (exact) mass is 297 g/mol. The van der Waals surface area contributed by atoms with Crippen LogP contribution in [0.5, 0.6) is 0 Å². The number of ether oxygens (including phenoxy) is 1. The number of aromatic amines is 1. The molecule has 5 heteroatoms. The van der Waals surface area contributed by atoms with Gasteiger partial charge in [0.25, 0.3) is 0 Å². The number of halogens is 1. The first-order valence-electron chi connectivity index (χ1n) is 5.47. The molecule has 0 bridgehead atoms. The molecule has 2 aromatic rings. The van der Waals surface area contributed by atoms with Crippen molar-refractivity contribution < 1.29 is 4.74 Å². The van der Waals surface area contributed by atoms with Crippen LogP contribution in [0.25, 0.3) is 11.0 Å². The van der Waals surface area contributed by atoms with Gasteiger partial charge >= 0.3 is 0 Å². The third-order valence-corrected chi connectivity index (χ3v) is 2.70. The van der Waals surface area contributed by atoms with Crippen molar-refractivity contribution in [2.24, 2.45) is 0 Å². The highest BCUT2D eigenvalue weighted by Gasteiger charge is 2.10. The summed E-state index contributed by atoms with van der Waals surface area (Å²) in [6, 6.07) is 3.90. The highest BCUT2D eigenvalue weighted by atomic mass is 79.9. The van der Waals surface area contributed by atoms with Gasteiger partial charge in [-0.2, -0.15) is 0 Å². The molecule has 0 atom stereocenters. The average molecular weight is 298 g/mol. The number of hydrogen-bond acceptors (Lipinski definition) is 3. The number of rotatable bonds is 3. The van der Waals surface area contributed by atoms with Gasteiger partial charge in [0.1, 0.15) is 16.9 Å². The van der Waals surface area contributed by atoms with E-state index in [-0.39, 0.29) is 5.60 Å². The molecule has 0 amide bonds. The number of aromatic nitrogens is 2. The Kier molecular flexibility index (Phi) is 3.40. The fourth-order valence-corrected chi connectivity index (χ4v) is 1.75. The zero-order valence-corrected chi connectivity index (χ0v) is 11.8. The van der Waals surface area contributed by atoms with Crippen LogP contribution in [-0.4, -0.2) is 22.3 Å². The number of nitrogens with zero attached hydrogens (tertiary/aromatic N) is 1. The third-order valence-electron chi connectivity index (χ3n) is 2.26. The van der Waals surface area contributed by atoms with Gasteiger partial charge in [0, 0.05) is 6.20 Å². The standard InChI is InChI=1S/C12H16BrN3O/c1-12(2,3)17-7-15-9-6-14-8-4-5-10(13)16-11(8)9/h4-6,14-15H,7H2,1-3H3. The Balaban J connectivity index is 2.11. The highest BCUT2D eigenvalue weighted by molar-refractivity contribution is 9.10. The maximum absolute atomic E-state index is 5.62. The maximum atomic E-state index is 5.62. The molecule has 0 radical (unpaired) electrons. The first-order valence-corrected chi connectivity index (χ1v) is 6.26. The summed E-state index contributed by atoms with van der Waals surface area (Å²) in [6.45, 7) is 6.54. The van der Waals surface area contributed by atoms with Gasteiger partial charge in [-0.05, 0) is 48.8 Å². The van der Waals surface area contributed by atoms with Crippen molar-refractivity contribution in [2.75, 3.05) is 12.0 Å². The Hall–Kier alpha value is -1.07. The average Bonchev–Trinajstić information content (AvgIpc) is 2.59. The van der Waals surface area contributed by atoms with E-state index in [2.05, 4.69) is 31.2 Å². The molecule has 0 aliphatic rings. The molecule has 2 heterocycles. The molecule has 92 valence electrons. The fraction of sp³-hybridized carbons (Fsp3) is 0.417. The van der Waals surface area contributed by atoms with Crippen molar-refractivity contribution in [3.63, 3.8) is 0 Å². The second-order valence-electron chi connectivity index (χ2n) is 4.81. The topological polar surface area (TPSA) is 49.9 Å². The van der Waals surface area contributed by atoms with E-state index in [0.717, 1.165) is 21.3 Å². The largest absolute Gasteiger partial charge is 0.360 e. The molecular weight excluding hydrogens is 282 g/mol. The van der Waals surface area contributed by atoms with E-state index in [9.17, 15) is 0 Å². The smallest absolute Gasteiger partial charge is 0.117 e. The second-order valence-corrected chi connectivity index (χ2v) is 5.62. The Morgan fingerprint density at radius 2 is 2.18 bits per heavy atom. The van der Waals surface area contributed by atoms with Crippen LogP contribution in [0.15, 0.2) is 22.9 Å². The zero-order valence-electron chi connectivity index (χ0n) is 10.2. The molecule has 2 aromatic heterocycles.